The van der Waals surface area contributed by atoms with Crippen LogP contribution in [0.2, 0.25) is 0 Å². The first-order valence-corrected chi connectivity index (χ1v) is 8.66. The molecular weight excluding hydrogens is 314 g/mol. The Morgan fingerprint density at radius 3 is 2.65 bits per heavy atom. The van der Waals surface area contributed by atoms with Crippen LogP contribution in [0.15, 0.2) is 30.3 Å². The zero-order chi connectivity index (χ0) is 16.6. The largest absolute Gasteiger partial charge is 0.459 e. The van der Waals surface area contributed by atoms with Crippen molar-refractivity contribution in [3.8, 4) is 0 Å². The van der Waals surface area contributed by atoms with E-state index < -0.39 is 12.1 Å². The zero-order valence-corrected chi connectivity index (χ0v) is 14.3. The second-order valence-corrected chi connectivity index (χ2v) is 8.00. The topological polar surface area (TPSA) is 55.8 Å². The van der Waals surface area contributed by atoms with Crippen molar-refractivity contribution in [3.05, 3.63) is 35.9 Å². The second-order valence-electron chi connectivity index (χ2n) is 6.23. The molecular formula is C17H21NO4S. The van der Waals surface area contributed by atoms with Gasteiger partial charge in [0.05, 0.1) is 0 Å². The van der Waals surface area contributed by atoms with Crippen molar-refractivity contribution in [1.82, 2.24) is 4.90 Å². The van der Waals surface area contributed by atoms with E-state index in [4.69, 9.17) is 9.47 Å². The number of ether oxygens (including phenoxy) is 2. The number of amides is 1. The third-order valence-electron chi connectivity index (χ3n) is 4.19. The van der Waals surface area contributed by atoms with Gasteiger partial charge < -0.3 is 14.4 Å². The molecule has 2 aliphatic rings. The predicted molar refractivity (Wildman–Crippen MR) is 87.7 cm³/mol. The van der Waals surface area contributed by atoms with Gasteiger partial charge in [-0.3, -0.25) is 4.79 Å². The summed E-state index contributed by atoms with van der Waals surface area (Å²) in [5.74, 6) is -0.464. The van der Waals surface area contributed by atoms with Crippen LogP contribution >= 0.6 is 11.8 Å². The van der Waals surface area contributed by atoms with Crippen molar-refractivity contribution in [2.45, 2.75) is 49.6 Å². The highest BCUT2D eigenvalue weighted by atomic mass is 32.2. The van der Waals surface area contributed by atoms with Crippen LogP contribution in [0, 0.1) is 0 Å². The number of nitrogens with zero attached hydrogens (tertiary/aromatic N) is 1. The summed E-state index contributed by atoms with van der Waals surface area (Å²) in [7, 11) is 0. The molecule has 0 radical (unpaired) electrons. The van der Waals surface area contributed by atoms with Gasteiger partial charge >= 0.3 is 5.97 Å². The molecule has 0 saturated carbocycles. The molecule has 0 N–H and O–H groups in total. The Balaban J connectivity index is 1.69. The number of hydrogen-bond donors (Lipinski definition) is 0. The maximum Gasteiger partial charge on any atom is 0.330 e. The number of rotatable bonds is 5. The van der Waals surface area contributed by atoms with Crippen molar-refractivity contribution >= 4 is 23.6 Å². The van der Waals surface area contributed by atoms with Crippen LogP contribution in [0.5, 0.6) is 0 Å². The van der Waals surface area contributed by atoms with Crippen LogP contribution in [0.25, 0.3) is 0 Å². The van der Waals surface area contributed by atoms with Gasteiger partial charge in [-0.2, -0.15) is 0 Å². The Morgan fingerprint density at radius 1 is 1.30 bits per heavy atom. The molecule has 2 heterocycles. The summed E-state index contributed by atoms with van der Waals surface area (Å²) in [4.78, 5) is 26.5. The summed E-state index contributed by atoms with van der Waals surface area (Å²) in [6.07, 6.45) is -0.434. The van der Waals surface area contributed by atoms with Gasteiger partial charge in [-0.1, -0.05) is 30.3 Å². The molecule has 0 unspecified atom stereocenters. The lowest BCUT2D eigenvalue weighted by molar-refractivity contribution is -0.177. The van der Waals surface area contributed by atoms with Crippen molar-refractivity contribution < 1.29 is 19.1 Å². The van der Waals surface area contributed by atoms with Crippen LogP contribution in [0.3, 0.4) is 0 Å². The maximum atomic E-state index is 12.6. The maximum absolute atomic E-state index is 12.6. The molecule has 0 bridgehead atoms. The Morgan fingerprint density at radius 2 is 2.00 bits per heavy atom. The molecule has 1 aromatic carbocycles. The number of benzene rings is 1. The summed E-state index contributed by atoms with van der Waals surface area (Å²) in [6.45, 7) is 6.52. The Hall–Kier alpha value is -1.53. The molecule has 2 fully saturated rings. The van der Waals surface area contributed by atoms with Gasteiger partial charge in [0.25, 0.3) is 5.91 Å². The van der Waals surface area contributed by atoms with Gasteiger partial charge in [-0.15, -0.1) is 11.8 Å². The second kappa shape index (κ2) is 6.17. The highest BCUT2D eigenvalue weighted by Crippen LogP contribution is 2.51. The van der Waals surface area contributed by atoms with Gasteiger partial charge in [-0.25, -0.2) is 4.79 Å². The lowest BCUT2D eigenvalue weighted by Crippen LogP contribution is -2.66. The molecule has 124 valence electrons. The minimum Gasteiger partial charge on any atom is -0.459 e. The molecule has 2 saturated heterocycles. The van der Waals surface area contributed by atoms with Gasteiger partial charge in [0.15, 0.2) is 6.10 Å². The first kappa shape index (κ1) is 16.3. The molecule has 5 nitrogen and oxygen atoms in total. The van der Waals surface area contributed by atoms with Gasteiger partial charge in [0.2, 0.25) is 0 Å². The number of hydrogen-bond acceptors (Lipinski definition) is 5. The first-order valence-electron chi connectivity index (χ1n) is 7.78. The smallest absolute Gasteiger partial charge is 0.330 e. The van der Waals surface area contributed by atoms with Crippen LogP contribution < -0.4 is 0 Å². The minimum atomic E-state index is -0.564. The third-order valence-corrected chi connectivity index (χ3v) is 5.73. The highest BCUT2D eigenvalue weighted by Gasteiger charge is 2.64. The molecule has 1 aromatic rings. The van der Waals surface area contributed by atoms with Crippen LogP contribution in [0.1, 0.15) is 26.3 Å². The highest BCUT2D eigenvalue weighted by molar-refractivity contribution is 8.01. The molecule has 6 heteroatoms. The van der Waals surface area contributed by atoms with Crippen molar-refractivity contribution in [3.63, 3.8) is 0 Å². The van der Waals surface area contributed by atoms with E-state index in [1.807, 2.05) is 51.1 Å². The van der Waals surface area contributed by atoms with Gasteiger partial charge in [0, 0.05) is 11.4 Å². The fourth-order valence-corrected chi connectivity index (χ4v) is 4.72. The number of thioether (sulfide) groups is 1. The van der Waals surface area contributed by atoms with E-state index in [-0.39, 0.29) is 28.6 Å². The summed E-state index contributed by atoms with van der Waals surface area (Å²) in [5, 5.41) is -0.0910. The van der Waals surface area contributed by atoms with Crippen molar-refractivity contribution in [1.29, 1.82) is 0 Å². The SMILES string of the molecule is CCO[C@H]1C(=O)N2[C@@H]1SC(C)(C)[C@@H]2C(=O)OCc1ccccc1. The zero-order valence-electron chi connectivity index (χ0n) is 13.5. The molecule has 23 heavy (non-hydrogen) atoms. The van der Waals surface area contributed by atoms with Crippen LogP contribution in [-0.4, -0.2) is 45.6 Å². The Labute approximate surface area is 140 Å². The van der Waals surface area contributed by atoms with E-state index in [0.29, 0.717) is 6.61 Å². The molecule has 0 spiro atoms. The number of esters is 1. The molecule has 0 aliphatic carbocycles. The number of carbonyl (C=O) groups excluding carboxylic acids is 2. The average molecular weight is 335 g/mol. The Bertz CT molecular complexity index is 604. The molecule has 1 amide bonds. The van der Waals surface area contributed by atoms with E-state index in [9.17, 15) is 9.59 Å². The number of carbonyl (C=O) groups is 2. The summed E-state index contributed by atoms with van der Waals surface area (Å²) in [5.41, 5.74) is 0.933. The van der Waals surface area contributed by atoms with Gasteiger partial charge in [-0.05, 0) is 26.3 Å². The van der Waals surface area contributed by atoms with Crippen molar-refractivity contribution in [2.75, 3.05) is 6.61 Å². The van der Waals surface area contributed by atoms with E-state index in [1.54, 1.807) is 16.7 Å². The van der Waals surface area contributed by atoms with E-state index >= 15 is 0 Å². The fraction of sp³-hybridized carbons (Fsp3) is 0.529. The van der Waals surface area contributed by atoms with E-state index in [2.05, 4.69) is 0 Å². The summed E-state index contributed by atoms with van der Waals surface area (Å²) >= 11 is 1.61. The van der Waals surface area contributed by atoms with Crippen molar-refractivity contribution in [2.24, 2.45) is 0 Å². The number of β-lactam (4-membered cyclic amide) rings is 1. The standard InChI is InChI=1S/C17H21NO4S/c1-4-21-12-14(19)18-13(17(2,3)23-15(12)18)16(20)22-10-11-8-6-5-7-9-11/h5-9,12-13,15H,4,10H2,1-3H3/t12-,13-,15+/m0/s1. The minimum absolute atomic E-state index is 0.0910. The third kappa shape index (κ3) is 2.85. The monoisotopic (exact) mass is 335 g/mol. The van der Waals surface area contributed by atoms with Crippen LogP contribution in [0.4, 0.5) is 0 Å². The molecule has 2 aliphatic heterocycles. The van der Waals surface area contributed by atoms with E-state index in [0.717, 1.165) is 5.56 Å². The molecule has 3 atom stereocenters. The quantitative estimate of drug-likeness (QED) is 0.610. The summed E-state index contributed by atoms with van der Waals surface area (Å²) in [6, 6.07) is 8.97. The number of fused-ring (bicyclic) bond motifs is 1. The molecule has 3 rings (SSSR count). The molecule has 0 aromatic heterocycles. The van der Waals surface area contributed by atoms with Crippen LogP contribution in [-0.2, 0) is 25.7 Å². The fourth-order valence-electron chi connectivity index (χ4n) is 3.10. The van der Waals surface area contributed by atoms with Gasteiger partial charge in [0.1, 0.15) is 18.0 Å². The summed E-state index contributed by atoms with van der Waals surface area (Å²) < 4.78 is 10.6. The predicted octanol–water partition coefficient (Wildman–Crippen LogP) is 2.20. The Kier molecular flexibility index (Phi) is 4.38. The average Bonchev–Trinajstić information content (AvgIpc) is 2.79. The lowest BCUT2D eigenvalue weighted by Gasteiger charge is -2.43. The van der Waals surface area contributed by atoms with E-state index in [1.165, 1.54) is 0 Å². The first-order chi connectivity index (χ1) is 11.0. The lowest BCUT2D eigenvalue weighted by atomic mass is 9.97. The normalized spacial score (nSPS) is 28.2.